The van der Waals surface area contributed by atoms with Gasteiger partial charge in [0.1, 0.15) is 6.10 Å². The maximum Gasteiger partial charge on any atom is 0.108 e. The molecule has 0 spiro atoms. The van der Waals surface area contributed by atoms with Crippen LogP contribution < -0.4 is 0 Å². The molecule has 0 saturated heterocycles. The zero-order valence-corrected chi connectivity index (χ0v) is 11.5. The van der Waals surface area contributed by atoms with E-state index in [9.17, 15) is 5.11 Å². The van der Waals surface area contributed by atoms with Gasteiger partial charge in [-0.2, -0.15) is 0 Å². The van der Waals surface area contributed by atoms with Crippen molar-refractivity contribution in [2.75, 3.05) is 0 Å². The van der Waals surface area contributed by atoms with Gasteiger partial charge < -0.3 is 5.11 Å². The van der Waals surface area contributed by atoms with Crippen LogP contribution in [0.4, 0.5) is 0 Å². The third-order valence-electron chi connectivity index (χ3n) is 2.62. The number of benzene rings is 1. The predicted octanol–water partition coefficient (Wildman–Crippen LogP) is 3.89. The van der Waals surface area contributed by atoms with Gasteiger partial charge in [0.15, 0.2) is 0 Å². The molecule has 0 saturated carbocycles. The number of aliphatic hydroxyl groups is 1. The van der Waals surface area contributed by atoms with Gasteiger partial charge in [0.05, 0.1) is 0 Å². The average molecular weight is 313 g/mol. The van der Waals surface area contributed by atoms with Crippen molar-refractivity contribution in [1.29, 1.82) is 0 Å². The Labute approximate surface area is 113 Å². The second-order valence-electron chi connectivity index (χ2n) is 3.72. The van der Waals surface area contributed by atoms with Gasteiger partial charge in [-0.15, -0.1) is 0 Å². The van der Waals surface area contributed by atoms with Crippen LogP contribution >= 0.6 is 27.5 Å². The molecule has 1 N–H and O–H groups in total. The molecule has 1 unspecified atom stereocenters. The summed E-state index contributed by atoms with van der Waals surface area (Å²) in [6, 6.07) is 9.10. The summed E-state index contributed by atoms with van der Waals surface area (Å²) >= 11 is 9.52. The van der Waals surface area contributed by atoms with Crippen molar-refractivity contribution >= 4 is 27.5 Å². The Hall–Kier alpha value is -0.900. The lowest BCUT2D eigenvalue weighted by Gasteiger charge is -2.16. The van der Waals surface area contributed by atoms with Crippen molar-refractivity contribution in [1.82, 2.24) is 4.98 Å². The van der Waals surface area contributed by atoms with E-state index in [4.69, 9.17) is 11.6 Å². The molecule has 2 nitrogen and oxygen atoms in total. The Morgan fingerprint density at radius 2 is 2.06 bits per heavy atom. The highest BCUT2D eigenvalue weighted by Gasteiger charge is 2.18. The molecule has 0 fully saturated rings. The number of halogens is 2. The minimum Gasteiger partial charge on any atom is -0.383 e. The molecule has 0 aliphatic rings. The van der Waals surface area contributed by atoms with Gasteiger partial charge in [0.25, 0.3) is 0 Å². The highest BCUT2D eigenvalue weighted by molar-refractivity contribution is 9.10. The summed E-state index contributed by atoms with van der Waals surface area (Å²) < 4.78 is 0.792. The van der Waals surface area contributed by atoms with Crippen molar-refractivity contribution in [2.24, 2.45) is 0 Å². The Kier molecular flexibility index (Phi) is 3.82. The van der Waals surface area contributed by atoms with Gasteiger partial charge in [-0.1, -0.05) is 39.7 Å². The number of pyridine rings is 1. The number of rotatable bonds is 2. The lowest BCUT2D eigenvalue weighted by atomic mass is 10.0. The topological polar surface area (TPSA) is 33.1 Å². The Bertz CT molecular complexity index is 524. The fourth-order valence-corrected chi connectivity index (χ4v) is 2.69. The lowest BCUT2D eigenvalue weighted by Crippen LogP contribution is -2.04. The minimum absolute atomic E-state index is 0.537. The maximum atomic E-state index is 10.4. The van der Waals surface area contributed by atoms with E-state index < -0.39 is 6.10 Å². The first kappa shape index (κ1) is 12.6. The fourth-order valence-electron chi connectivity index (χ4n) is 1.71. The molecular formula is C13H11BrClNO. The van der Waals surface area contributed by atoms with Gasteiger partial charge in [-0.25, -0.2) is 0 Å². The fraction of sp³-hybridized carbons (Fsp3) is 0.154. The number of aromatic nitrogens is 1. The minimum atomic E-state index is -0.772. The van der Waals surface area contributed by atoms with E-state index in [1.165, 1.54) is 0 Å². The summed E-state index contributed by atoms with van der Waals surface area (Å²) in [5.74, 6) is 0. The van der Waals surface area contributed by atoms with E-state index in [-0.39, 0.29) is 0 Å². The summed E-state index contributed by atoms with van der Waals surface area (Å²) in [5, 5.41) is 10.9. The number of hydrogen-bond donors (Lipinski definition) is 1. The molecular weight excluding hydrogens is 302 g/mol. The quantitative estimate of drug-likeness (QED) is 0.912. The summed E-state index contributed by atoms with van der Waals surface area (Å²) in [5.41, 5.74) is 2.23. The molecule has 2 rings (SSSR count). The molecule has 0 aliphatic heterocycles. The van der Waals surface area contributed by atoms with Crippen LogP contribution in [-0.4, -0.2) is 10.1 Å². The molecule has 1 aromatic carbocycles. The van der Waals surface area contributed by atoms with Crippen LogP contribution in [0.15, 0.2) is 41.0 Å². The number of aliphatic hydroxyl groups excluding tert-OH is 1. The number of hydrogen-bond acceptors (Lipinski definition) is 2. The van der Waals surface area contributed by atoms with Crippen molar-refractivity contribution in [3.63, 3.8) is 0 Å². The molecule has 2 aromatic rings. The lowest BCUT2D eigenvalue weighted by molar-refractivity contribution is 0.218. The van der Waals surface area contributed by atoms with Gasteiger partial charge in [0, 0.05) is 32.5 Å². The molecule has 0 aliphatic carbocycles. The second-order valence-corrected chi connectivity index (χ2v) is 4.98. The Morgan fingerprint density at radius 1 is 1.29 bits per heavy atom. The smallest absolute Gasteiger partial charge is 0.108 e. The van der Waals surface area contributed by atoms with Gasteiger partial charge in [-0.3, -0.25) is 4.98 Å². The first-order chi connectivity index (χ1) is 8.11. The summed E-state index contributed by atoms with van der Waals surface area (Å²) in [4.78, 5) is 4.17. The Morgan fingerprint density at radius 3 is 2.71 bits per heavy atom. The predicted molar refractivity (Wildman–Crippen MR) is 72.2 cm³/mol. The van der Waals surface area contributed by atoms with E-state index in [2.05, 4.69) is 20.9 Å². The van der Waals surface area contributed by atoms with Crippen molar-refractivity contribution in [3.05, 3.63) is 62.8 Å². The Balaban J connectivity index is 2.51. The zero-order valence-electron chi connectivity index (χ0n) is 9.19. The summed E-state index contributed by atoms with van der Waals surface area (Å²) in [6.45, 7) is 1.86. The molecule has 0 amide bonds. The van der Waals surface area contributed by atoms with Crippen molar-refractivity contribution in [3.8, 4) is 0 Å². The highest BCUT2D eigenvalue weighted by atomic mass is 79.9. The third-order valence-corrected chi connectivity index (χ3v) is 3.64. The van der Waals surface area contributed by atoms with Gasteiger partial charge >= 0.3 is 0 Å². The monoisotopic (exact) mass is 311 g/mol. The van der Waals surface area contributed by atoms with E-state index in [0.717, 1.165) is 15.7 Å². The summed E-state index contributed by atoms with van der Waals surface area (Å²) in [6.07, 6.45) is 0.930. The first-order valence-corrected chi connectivity index (χ1v) is 6.32. The summed E-state index contributed by atoms with van der Waals surface area (Å²) in [7, 11) is 0. The normalized spacial score (nSPS) is 12.5. The molecule has 1 heterocycles. The molecule has 4 heteroatoms. The van der Waals surface area contributed by atoms with Crippen molar-refractivity contribution in [2.45, 2.75) is 13.0 Å². The average Bonchev–Trinajstić information content (AvgIpc) is 2.29. The third kappa shape index (κ3) is 2.51. The van der Waals surface area contributed by atoms with Crippen LogP contribution in [0.2, 0.25) is 5.02 Å². The molecule has 88 valence electrons. The van der Waals surface area contributed by atoms with Crippen LogP contribution in [0.5, 0.6) is 0 Å². The van der Waals surface area contributed by atoms with Gasteiger partial charge in [-0.05, 0) is 25.1 Å². The van der Waals surface area contributed by atoms with Crippen molar-refractivity contribution < 1.29 is 5.11 Å². The molecule has 0 radical (unpaired) electrons. The van der Waals surface area contributed by atoms with Crippen LogP contribution in [0.3, 0.4) is 0 Å². The van der Waals surface area contributed by atoms with Gasteiger partial charge in [0.2, 0.25) is 0 Å². The number of nitrogens with zero attached hydrogens (tertiary/aromatic N) is 1. The van der Waals surface area contributed by atoms with E-state index in [1.54, 1.807) is 18.3 Å². The first-order valence-electron chi connectivity index (χ1n) is 5.14. The maximum absolute atomic E-state index is 10.4. The molecule has 1 aromatic heterocycles. The zero-order chi connectivity index (χ0) is 12.4. The van der Waals surface area contributed by atoms with Crippen LogP contribution in [0, 0.1) is 6.92 Å². The SMILES string of the molecule is Cc1ncccc1C(O)c1c(Cl)cccc1Br. The second kappa shape index (κ2) is 5.17. The van der Waals surface area contributed by atoms with Crippen LogP contribution in [0.1, 0.15) is 22.9 Å². The van der Waals surface area contributed by atoms with E-state index in [1.807, 2.05) is 25.1 Å². The van der Waals surface area contributed by atoms with Crippen LogP contribution in [-0.2, 0) is 0 Å². The molecule has 17 heavy (non-hydrogen) atoms. The molecule has 0 bridgehead atoms. The number of aryl methyl sites for hydroxylation is 1. The molecule has 1 atom stereocenters. The van der Waals surface area contributed by atoms with E-state index in [0.29, 0.717) is 10.6 Å². The van der Waals surface area contributed by atoms with E-state index >= 15 is 0 Å². The largest absolute Gasteiger partial charge is 0.383 e. The highest BCUT2D eigenvalue weighted by Crippen LogP contribution is 2.34. The van der Waals surface area contributed by atoms with Crippen LogP contribution in [0.25, 0.3) is 0 Å². The standard InChI is InChI=1S/C13H11BrClNO/c1-8-9(4-3-7-16-8)13(17)12-10(14)5-2-6-11(12)15/h2-7,13,17H,1H3.